The van der Waals surface area contributed by atoms with Crippen molar-refractivity contribution in [2.75, 3.05) is 13.2 Å². The van der Waals surface area contributed by atoms with Crippen LogP contribution in [0.2, 0.25) is 0 Å². The van der Waals surface area contributed by atoms with E-state index in [0.29, 0.717) is 12.8 Å². The molecule has 0 aromatic carbocycles. The van der Waals surface area contributed by atoms with Crippen molar-refractivity contribution in [3.8, 4) is 0 Å². The van der Waals surface area contributed by atoms with Crippen molar-refractivity contribution in [3.05, 3.63) is 0 Å². The Kier molecular flexibility index (Phi) is 13.5. The standard InChI is InChI=1S/C29H54NO10P/c1-14-17-19(41(34,35-15-2)36-16-3)30-23-22(40-26(33)29(11,12)13)21(39-25(32)28(8,9)10)20(18(4)37-23)38-24(31)27(5,6)7/h18-23,30H,14-17H2,1-13H3/t18-,19?,20+,21+,22-,23-/m0/s1. The molecule has 11 nitrogen and oxygen atoms in total. The van der Waals surface area contributed by atoms with Crippen LogP contribution in [0.4, 0.5) is 0 Å². The normalized spacial score (nSPS) is 24.9. The zero-order valence-corrected chi connectivity index (χ0v) is 28.2. The summed E-state index contributed by atoms with van der Waals surface area (Å²) in [5.41, 5.74) is -2.69. The summed E-state index contributed by atoms with van der Waals surface area (Å²) in [6.45, 7) is 22.6. The summed E-state index contributed by atoms with van der Waals surface area (Å²) in [7, 11) is -3.68. The molecule has 12 heteroatoms. The highest BCUT2D eigenvalue weighted by atomic mass is 31.2. The molecule has 0 radical (unpaired) electrons. The van der Waals surface area contributed by atoms with Crippen molar-refractivity contribution in [2.45, 2.75) is 139 Å². The van der Waals surface area contributed by atoms with Gasteiger partial charge in [-0.15, -0.1) is 0 Å². The van der Waals surface area contributed by atoms with Crippen molar-refractivity contribution in [1.29, 1.82) is 0 Å². The van der Waals surface area contributed by atoms with Crippen LogP contribution in [-0.4, -0.2) is 67.5 Å². The van der Waals surface area contributed by atoms with Gasteiger partial charge in [0, 0.05) is 0 Å². The van der Waals surface area contributed by atoms with Gasteiger partial charge in [0.15, 0.2) is 24.5 Å². The summed E-state index contributed by atoms with van der Waals surface area (Å²) in [5.74, 6) is -2.53. The maximum absolute atomic E-state index is 13.8. The Morgan fingerprint density at radius 1 is 0.732 bits per heavy atom. The van der Waals surface area contributed by atoms with Gasteiger partial charge in [-0.2, -0.15) is 0 Å². The minimum atomic E-state index is -3.68. The fraction of sp³-hybridized carbons (Fsp3) is 0.897. The second-order valence-electron chi connectivity index (χ2n) is 13.5. The van der Waals surface area contributed by atoms with E-state index in [1.165, 1.54) is 0 Å². The van der Waals surface area contributed by atoms with Crippen LogP contribution >= 0.6 is 7.60 Å². The smallest absolute Gasteiger partial charge is 0.347 e. The van der Waals surface area contributed by atoms with E-state index < -0.39 is 78.2 Å². The van der Waals surface area contributed by atoms with Crippen molar-refractivity contribution in [3.63, 3.8) is 0 Å². The van der Waals surface area contributed by atoms with Crippen LogP contribution in [0.1, 0.15) is 103 Å². The molecule has 1 N–H and O–H groups in total. The Bertz CT molecular complexity index is 923. The molecular weight excluding hydrogens is 553 g/mol. The molecule has 1 aliphatic rings. The minimum Gasteiger partial charge on any atom is -0.455 e. The largest absolute Gasteiger partial charge is 0.455 e. The number of esters is 3. The molecule has 0 aliphatic carbocycles. The third-order valence-corrected chi connectivity index (χ3v) is 8.66. The van der Waals surface area contributed by atoms with Gasteiger partial charge in [-0.25, -0.2) is 0 Å². The van der Waals surface area contributed by atoms with Crippen LogP contribution in [-0.2, 0) is 46.9 Å². The lowest BCUT2D eigenvalue weighted by Gasteiger charge is -2.46. The number of ether oxygens (including phenoxy) is 4. The van der Waals surface area contributed by atoms with Crippen LogP contribution < -0.4 is 5.32 Å². The third kappa shape index (κ3) is 10.6. The lowest BCUT2D eigenvalue weighted by atomic mass is 9.93. The van der Waals surface area contributed by atoms with E-state index in [9.17, 15) is 18.9 Å². The molecule has 1 fully saturated rings. The Balaban J connectivity index is 3.72. The first-order chi connectivity index (χ1) is 18.6. The zero-order valence-electron chi connectivity index (χ0n) is 27.3. The van der Waals surface area contributed by atoms with Gasteiger partial charge in [0.25, 0.3) is 0 Å². The van der Waals surface area contributed by atoms with E-state index in [0.717, 1.165) is 0 Å². The van der Waals surface area contributed by atoms with E-state index >= 15 is 0 Å². The van der Waals surface area contributed by atoms with Crippen molar-refractivity contribution < 1.29 is 46.9 Å². The van der Waals surface area contributed by atoms with Gasteiger partial charge in [0.1, 0.15) is 5.78 Å². The Labute approximate surface area is 246 Å². The zero-order chi connectivity index (χ0) is 32.0. The van der Waals surface area contributed by atoms with Gasteiger partial charge in [-0.1, -0.05) is 13.3 Å². The summed E-state index contributed by atoms with van der Waals surface area (Å²) in [5, 5.41) is 3.21. The fourth-order valence-corrected chi connectivity index (χ4v) is 5.90. The second kappa shape index (κ2) is 14.8. The first-order valence-corrected chi connectivity index (χ1v) is 16.2. The maximum atomic E-state index is 13.8. The summed E-state index contributed by atoms with van der Waals surface area (Å²) in [4.78, 5) is 39.4. The summed E-state index contributed by atoms with van der Waals surface area (Å²) in [6, 6.07) is 0. The lowest BCUT2D eigenvalue weighted by molar-refractivity contribution is -0.256. The van der Waals surface area contributed by atoms with E-state index in [1.807, 2.05) is 6.92 Å². The Hall–Kier alpha value is -1.52. The van der Waals surface area contributed by atoms with Crippen LogP contribution in [0.5, 0.6) is 0 Å². The number of hydrogen-bond donors (Lipinski definition) is 1. The topological polar surface area (TPSA) is 136 Å². The number of carbonyl (C=O) groups is 3. The summed E-state index contributed by atoms with van der Waals surface area (Å²) in [6.07, 6.45) is -4.49. The summed E-state index contributed by atoms with van der Waals surface area (Å²) < 4.78 is 49.2. The maximum Gasteiger partial charge on any atom is 0.347 e. The van der Waals surface area contributed by atoms with Gasteiger partial charge in [-0.05, 0) is 89.5 Å². The molecule has 240 valence electrons. The van der Waals surface area contributed by atoms with Crippen LogP contribution in [0.3, 0.4) is 0 Å². The van der Waals surface area contributed by atoms with E-state index in [4.69, 9.17) is 28.0 Å². The second-order valence-corrected chi connectivity index (χ2v) is 15.7. The molecule has 41 heavy (non-hydrogen) atoms. The number of nitrogens with one attached hydrogen (secondary N) is 1. The first-order valence-electron chi connectivity index (χ1n) is 14.6. The van der Waals surface area contributed by atoms with Crippen molar-refractivity contribution >= 4 is 25.5 Å². The van der Waals surface area contributed by atoms with Gasteiger partial charge in [0.2, 0.25) is 0 Å². The quantitative estimate of drug-likeness (QED) is 0.169. The molecule has 0 amide bonds. The molecule has 0 bridgehead atoms. The minimum absolute atomic E-state index is 0.153. The SMILES string of the molecule is CCCC(N[C@H]1O[C@@H](C)[C@@H](OC(=O)C(C)(C)C)[C@@H](OC(=O)C(C)(C)C)[C@@H]1OC(=O)C(C)(C)C)P(=O)(OCC)OCC. The number of rotatable bonds is 12. The van der Waals surface area contributed by atoms with E-state index in [1.54, 1.807) is 83.1 Å². The highest BCUT2D eigenvalue weighted by Crippen LogP contribution is 2.54. The highest BCUT2D eigenvalue weighted by Gasteiger charge is 2.54. The van der Waals surface area contributed by atoms with Crippen molar-refractivity contribution in [1.82, 2.24) is 5.32 Å². The molecule has 0 spiro atoms. The van der Waals surface area contributed by atoms with E-state index in [2.05, 4.69) is 5.32 Å². The number of hydrogen-bond acceptors (Lipinski definition) is 11. The molecule has 0 saturated carbocycles. The molecular formula is C29H54NO10P. The molecule has 6 atom stereocenters. The lowest BCUT2D eigenvalue weighted by Crippen LogP contribution is -2.66. The van der Waals surface area contributed by atoms with Gasteiger partial charge in [0.05, 0.1) is 35.6 Å². The summed E-state index contributed by atoms with van der Waals surface area (Å²) >= 11 is 0. The van der Waals surface area contributed by atoms with Gasteiger partial charge in [-0.3, -0.25) is 24.3 Å². The molecule has 0 aromatic heterocycles. The van der Waals surface area contributed by atoms with Gasteiger partial charge < -0.3 is 28.0 Å². The predicted octanol–water partition coefficient (Wildman–Crippen LogP) is 5.59. The van der Waals surface area contributed by atoms with Gasteiger partial charge >= 0.3 is 25.5 Å². The first kappa shape index (κ1) is 37.5. The average molecular weight is 608 g/mol. The molecule has 1 unspecified atom stereocenters. The predicted molar refractivity (Wildman–Crippen MR) is 155 cm³/mol. The molecule has 1 aliphatic heterocycles. The Morgan fingerprint density at radius 2 is 1.12 bits per heavy atom. The monoisotopic (exact) mass is 607 g/mol. The van der Waals surface area contributed by atoms with Crippen molar-refractivity contribution in [2.24, 2.45) is 16.2 Å². The third-order valence-electron chi connectivity index (χ3n) is 6.25. The molecule has 0 aromatic rings. The van der Waals surface area contributed by atoms with Crippen LogP contribution in [0.25, 0.3) is 0 Å². The highest BCUT2D eigenvalue weighted by molar-refractivity contribution is 7.54. The Morgan fingerprint density at radius 3 is 1.49 bits per heavy atom. The average Bonchev–Trinajstić information content (AvgIpc) is 2.81. The van der Waals surface area contributed by atoms with E-state index in [-0.39, 0.29) is 13.2 Å². The molecule has 1 saturated heterocycles. The fourth-order valence-electron chi connectivity index (χ4n) is 3.85. The molecule has 1 rings (SSSR count). The molecule has 1 heterocycles. The van der Waals surface area contributed by atoms with Crippen LogP contribution in [0, 0.1) is 16.2 Å². The number of carbonyl (C=O) groups excluding carboxylic acids is 3. The van der Waals surface area contributed by atoms with Crippen LogP contribution in [0.15, 0.2) is 0 Å².